The van der Waals surface area contributed by atoms with Crippen LogP contribution in [-0.2, 0) is 0 Å². The van der Waals surface area contributed by atoms with E-state index in [0.29, 0.717) is 6.61 Å². The third-order valence-electron chi connectivity index (χ3n) is 2.95. The van der Waals surface area contributed by atoms with Crippen molar-refractivity contribution in [2.24, 2.45) is 0 Å². The molecule has 0 saturated heterocycles. The summed E-state index contributed by atoms with van der Waals surface area (Å²) >= 11 is 0. The summed E-state index contributed by atoms with van der Waals surface area (Å²) in [4.78, 5) is 0. The normalized spacial score (nSPS) is 11.9. The number of ether oxygens (including phenoxy) is 1. The first-order valence-corrected chi connectivity index (χ1v) is 6.61. The maximum absolute atomic E-state index is 9.52. The van der Waals surface area contributed by atoms with E-state index in [1.807, 2.05) is 38.1 Å². The van der Waals surface area contributed by atoms with Gasteiger partial charge in [-0.05, 0) is 43.7 Å². The molecule has 0 radical (unpaired) electrons. The van der Waals surface area contributed by atoms with Crippen LogP contribution in [0.3, 0.4) is 0 Å². The summed E-state index contributed by atoms with van der Waals surface area (Å²) in [5, 5.41) is 22.3. The first kappa shape index (κ1) is 14.1. The van der Waals surface area contributed by atoms with Gasteiger partial charge in [-0.1, -0.05) is 6.07 Å². The summed E-state index contributed by atoms with van der Waals surface area (Å²) in [5.74, 6) is 0.914. The zero-order chi connectivity index (χ0) is 14.5. The van der Waals surface area contributed by atoms with E-state index in [4.69, 9.17) is 4.74 Å². The zero-order valence-corrected chi connectivity index (χ0v) is 11.6. The quantitative estimate of drug-likeness (QED) is 0.778. The van der Waals surface area contributed by atoms with Crippen molar-refractivity contribution in [2.75, 3.05) is 11.9 Å². The predicted octanol–water partition coefficient (Wildman–Crippen LogP) is 3.67. The molecule has 20 heavy (non-hydrogen) atoms. The van der Waals surface area contributed by atoms with Gasteiger partial charge in [0.15, 0.2) is 0 Å². The molecule has 0 aliphatic rings. The van der Waals surface area contributed by atoms with Gasteiger partial charge in [0.1, 0.15) is 17.2 Å². The third kappa shape index (κ3) is 3.57. The Balaban J connectivity index is 2.14. The fraction of sp³-hybridized carbons (Fsp3) is 0.250. The summed E-state index contributed by atoms with van der Waals surface area (Å²) in [5.41, 5.74) is 1.73. The van der Waals surface area contributed by atoms with Crippen LogP contribution >= 0.6 is 0 Å². The molecule has 0 fully saturated rings. The minimum absolute atomic E-state index is 0.0510. The van der Waals surface area contributed by atoms with Crippen molar-refractivity contribution in [2.45, 2.75) is 19.9 Å². The van der Waals surface area contributed by atoms with Gasteiger partial charge in [-0.2, -0.15) is 0 Å². The average Bonchev–Trinajstić information content (AvgIpc) is 2.38. The number of benzene rings is 2. The van der Waals surface area contributed by atoms with E-state index in [-0.39, 0.29) is 17.5 Å². The highest BCUT2D eigenvalue weighted by Crippen LogP contribution is 2.28. The topological polar surface area (TPSA) is 61.7 Å². The summed E-state index contributed by atoms with van der Waals surface area (Å²) in [6.45, 7) is 4.53. The van der Waals surface area contributed by atoms with Gasteiger partial charge < -0.3 is 20.3 Å². The minimum Gasteiger partial charge on any atom is -0.508 e. The second kappa shape index (κ2) is 6.19. The van der Waals surface area contributed by atoms with Crippen molar-refractivity contribution in [3.63, 3.8) is 0 Å². The summed E-state index contributed by atoms with van der Waals surface area (Å²) < 4.78 is 5.45. The lowest BCUT2D eigenvalue weighted by molar-refractivity contribution is 0.340. The Morgan fingerprint density at radius 2 is 1.80 bits per heavy atom. The van der Waals surface area contributed by atoms with Crippen molar-refractivity contribution in [3.8, 4) is 17.2 Å². The molecule has 2 aromatic rings. The van der Waals surface area contributed by atoms with Gasteiger partial charge in [-0.25, -0.2) is 0 Å². The van der Waals surface area contributed by atoms with Gasteiger partial charge in [0, 0.05) is 23.9 Å². The molecule has 0 aliphatic carbocycles. The predicted molar refractivity (Wildman–Crippen MR) is 79.4 cm³/mol. The van der Waals surface area contributed by atoms with Gasteiger partial charge in [0.05, 0.1) is 6.61 Å². The Morgan fingerprint density at radius 3 is 2.45 bits per heavy atom. The Bertz CT molecular complexity index is 563. The summed E-state index contributed by atoms with van der Waals surface area (Å²) in [6.07, 6.45) is 0. The molecule has 4 heteroatoms. The second-order valence-electron chi connectivity index (χ2n) is 4.61. The number of hydrogen-bond donors (Lipinski definition) is 3. The number of phenols is 2. The van der Waals surface area contributed by atoms with Crippen LogP contribution in [-0.4, -0.2) is 16.8 Å². The molecule has 4 nitrogen and oxygen atoms in total. The van der Waals surface area contributed by atoms with Gasteiger partial charge in [-0.15, -0.1) is 0 Å². The highest BCUT2D eigenvalue weighted by Gasteiger charge is 2.08. The monoisotopic (exact) mass is 273 g/mol. The van der Waals surface area contributed by atoms with Crippen LogP contribution in [0.5, 0.6) is 17.2 Å². The van der Waals surface area contributed by atoms with Crippen LogP contribution < -0.4 is 10.1 Å². The lowest BCUT2D eigenvalue weighted by Gasteiger charge is -2.17. The Kier molecular flexibility index (Phi) is 4.35. The van der Waals surface area contributed by atoms with Crippen LogP contribution in [0.4, 0.5) is 5.69 Å². The largest absolute Gasteiger partial charge is 0.508 e. The molecule has 1 unspecified atom stereocenters. The maximum atomic E-state index is 9.52. The van der Waals surface area contributed by atoms with Crippen LogP contribution in [0, 0.1) is 0 Å². The second-order valence-corrected chi connectivity index (χ2v) is 4.61. The van der Waals surface area contributed by atoms with E-state index < -0.39 is 0 Å². The van der Waals surface area contributed by atoms with Gasteiger partial charge in [0.25, 0.3) is 0 Å². The van der Waals surface area contributed by atoms with Crippen molar-refractivity contribution in [3.05, 3.63) is 48.0 Å². The van der Waals surface area contributed by atoms with Crippen LogP contribution in [0.1, 0.15) is 25.5 Å². The third-order valence-corrected chi connectivity index (χ3v) is 2.95. The smallest absolute Gasteiger partial charge is 0.121 e. The van der Waals surface area contributed by atoms with Gasteiger partial charge in [-0.3, -0.25) is 0 Å². The molecule has 0 saturated carbocycles. The number of hydrogen-bond acceptors (Lipinski definition) is 4. The molecule has 0 amide bonds. The molecule has 2 aromatic carbocycles. The van der Waals surface area contributed by atoms with E-state index in [2.05, 4.69) is 5.32 Å². The number of aromatic hydroxyl groups is 2. The molecule has 0 spiro atoms. The van der Waals surface area contributed by atoms with Crippen molar-refractivity contribution < 1.29 is 14.9 Å². The fourth-order valence-electron chi connectivity index (χ4n) is 2.04. The van der Waals surface area contributed by atoms with E-state index >= 15 is 0 Å². The standard InChI is InChI=1S/C16H19NO3/c1-3-20-16-6-4-5-13(9-16)17-11(2)12-7-14(18)10-15(19)8-12/h4-11,17-19H,3H2,1-2H3. The van der Waals surface area contributed by atoms with Crippen molar-refractivity contribution in [1.82, 2.24) is 0 Å². The van der Waals surface area contributed by atoms with Crippen LogP contribution in [0.2, 0.25) is 0 Å². The molecule has 2 rings (SSSR count). The molecule has 0 bridgehead atoms. The molecule has 0 aliphatic heterocycles. The summed E-state index contributed by atoms with van der Waals surface area (Å²) in [6, 6.07) is 12.2. The summed E-state index contributed by atoms with van der Waals surface area (Å²) in [7, 11) is 0. The number of rotatable bonds is 5. The minimum atomic E-state index is -0.0510. The lowest BCUT2D eigenvalue weighted by Crippen LogP contribution is -2.06. The highest BCUT2D eigenvalue weighted by atomic mass is 16.5. The Hall–Kier alpha value is -2.36. The molecule has 0 aromatic heterocycles. The maximum Gasteiger partial charge on any atom is 0.121 e. The van der Waals surface area contributed by atoms with Crippen LogP contribution in [0.25, 0.3) is 0 Å². The average molecular weight is 273 g/mol. The number of anilines is 1. The SMILES string of the molecule is CCOc1cccc(NC(C)c2cc(O)cc(O)c2)c1. The fourth-order valence-corrected chi connectivity index (χ4v) is 2.04. The van der Waals surface area contributed by atoms with Gasteiger partial charge >= 0.3 is 0 Å². The number of nitrogens with one attached hydrogen (secondary N) is 1. The lowest BCUT2D eigenvalue weighted by atomic mass is 10.1. The number of phenolic OH excluding ortho intramolecular Hbond substituents is 2. The molecule has 1 atom stereocenters. The van der Waals surface area contributed by atoms with Crippen LogP contribution in [0.15, 0.2) is 42.5 Å². The molecular weight excluding hydrogens is 254 g/mol. The van der Waals surface area contributed by atoms with E-state index in [1.165, 1.54) is 6.07 Å². The molecule has 3 N–H and O–H groups in total. The van der Waals surface area contributed by atoms with Gasteiger partial charge in [0.2, 0.25) is 0 Å². The Morgan fingerprint density at radius 1 is 1.10 bits per heavy atom. The van der Waals surface area contributed by atoms with Crippen molar-refractivity contribution in [1.29, 1.82) is 0 Å². The highest BCUT2D eigenvalue weighted by molar-refractivity contribution is 5.50. The first-order valence-electron chi connectivity index (χ1n) is 6.61. The molecule has 0 heterocycles. The van der Waals surface area contributed by atoms with E-state index in [0.717, 1.165) is 17.0 Å². The van der Waals surface area contributed by atoms with E-state index in [1.54, 1.807) is 12.1 Å². The zero-order valence-electron chi connectivity index (χ0n) is 11.6. The molecule has 106 valence electrons. The Labute approximate surface area is 118 Å². The van der Waals surface area contributed by atoms with Crippen molar-refractivity contribution >= 4 is 5.69 Å². The first-order chi connectivity index (χ1) is 9.58. The molecular formula is C16H19NO3. The van der Waals surface area contributed by atoms with E-state index in [9.17, 15) is 10.2 Å².